The maximum Gasteiger partial charge on any atom is 0.0700 e. The lowest BCUT2D eigenvalue weighted by Crippen LogP contribution is -2.60. The Kier molecular flexibility index (Phi) is 4.11. The number of hydrogen-bond acceptors (Lipinski definition) is 3. The molecular formula is C14H28N2O. The SMILES string of the molecule is CC1CC(C)C(N2CCN(C)CC2C)C(O)C1. The first-order chi connectivity index (χ1) is 7.99. The molecule has 0 radical (unpaired) electrons. The van der Waals surface area contributed by atoms with E-state index in [1.165, 1.54) is 6.42 Å². The summed E-state index contributed by atoms with van der Waals surface area (Å²) in [5.74, 6) is 1.30. The van der Waals surface area contributed by atoms with Crippen LogP contribution in [0.1, 0.15) is 33.6 Å². The van der Waals surface area contributed by atoms with Gasteiger partial charge in [0, 0.05) is 31.7 Å². The molecule has 2 aliphatic rings. The van der Waals surface area contributed by atoms with Gasteiger partial charge in [-0.1, -0.05) is 13.8 Å². The molecule has 2 rings (SSSR count). The van der Waals surface area contributed by atoms with Crippen molar-refractivity contribution >= 4 is 0 Å². The highest BCUT2D eigenvalue weighted by atomic mass is 16.3. The molecule has 0 aromatic rings. The molecular weight excluding hydrogens is 212 g/mol. The van der Waals surface area contributed by atoms with Crippen LogP contribution in [0, 0.1) is 11.8 Å². The summed E-state index contributed by atoms with van der Waals surface area (Å²) >= 11 is 0. The third-order valence-electron chi connectivity index (χ3n) is 4.66. The van der Waals surface area contributed by atoms with Gasteiger partial charge in [0.2, 0.25) is 0 Å². The van der Waals surface area contributed by atoms with Crippen LogP contribution in [0.4, 0.5) is 0 Å². The molecule has 2 fully saturated rings. The van der Waals surface area contributed by atoms with Crippen molar-refractivity contribution in [2.45, 2.75) is 51.8 Å². The minimum absolute atomic E-state index is 0.125. The van der Waals surface area contributed by atoms with E-state index in [1.54, 1.807) is 0 Å². The lowest BCUT2D eigenvalue weighted by molar-refractivity contribution is -0.0584. The fourth-order valence-corrected chi connectivity index (χ4v) is 3.95. The second-order valence-electron chi connectivity index (χ2n) is 6.46. The first-order valence-electron chi connectivity index (χ1n) is 7.11. The first kappa shape index (κ1) is 13.3. The summed E-state index contributed by atoms with van der Waals surface area (Å²) in [5.41, 5.74) is 0. The van der Waals surface area contributed by atoms with Gasteiger partial charge in [-0.3, -0.25) is 4.90 Å². The van der Waals surface area contributed by atoms with Gasteiger partial charge in [0.1, 0.15) is 0 Å². The average molecular weight is 240 g/mol. The number of likely N-dealkylation sites (N-methyl/N-ethyl adjacent to an activating group) is 1. The van der Waals surface area contributed by atoms with Crippen molar-refractivity contribution in [3.8, 4) is 0 Å². The number of nitrogens with zero attached hydrogens (tertiary/aromatic N) is 2. The summed E-state index contributed by atoms with van der Waals surface area (Å²) in [7, 11) is 2.19. The Morgan fingerprint density at radius 3 is 2.35 bits per heavy atom. The summed E-state index contributed by atoms with van der Waals surface area (Å²) < 4.78 is 0. The molecule has 3 nitrogen and oxygen atoms in total. The van der Waals surface area contributed by atoms with Crippen LogP contribution in [0.25, 0.3) is 0 Å². The second-order valence-corrected chi connectivity index (χ2v) is 6.46. The van der Waals surface area contributed by atoms with E-state index in [-0.39, 0.29) is 6.10 Å². The highest BCUT2D eigenvalue weighted by Gasteiger charge is 2.39. The quantitative estimate of drug-likeness (QED) is 0.751. The summed E-state index contributed by atoms with van der Waals surface area (Å²) in [5, 5.41) is 10.4. The zero-order valence-corrected chi connectivity index (χ0v) is 11.8. The fourth-order valence-electron chi connectivity index (χ4n) is 3.95. The Balaban J connectivity index is 2.05. The van der Waals surface area contributed by atoms with E-state index in [4.69, 9.17) is 0 Å². The van der Waals surface area contributed by atoms with Crippen molar-refractivity contribution in [2.75, 3.05) is 26.7 Å². The van der Waals surface area contributed by atoms with E-state index in [1.807, 2.05) is 0 Å². The Hall–Kier alpha value is -0.120. The fraction of sp³-hybridized carbons (Fsp3) is 1.00. The zero-order valence-electron chi connectivity index (χ0n) is 11.8. The topological polar surface area (TPSA) is 26.7 Å². The first-order valence-corrected chi connectivity index (χ1v) is 7.11. The Morgan fingerprint density at radius 2 is 1.76 bits per heavy atom. The van der Waals surface area contributed by atoms with Crippen molar-refractivity contribution in [1.82, 2.24) is 9.80 Å². The number of rotatable bonds is 1. The van der Waals surface area contributed by atoms with Crippen molar-refractivity contribution in [2.24, 2.45) is 11.8 Å². The van der Waals surface area contributed by atoms with Gasteiger partial charge < -0.3 is 10.0 Å². The summed E-state index contributed by atoms with van der Waals surface area (Å²) in [6.45, 7) is 10.3. The van der Waals surface area contributed by atoms with Gasteiger partial charge in [-0.15, -0.1) is 0 Å². The van der Waals surface area contributed by atoms with Gasteiger partial charge >= 0.3 is 0 Å². The van der Waals surface area contributed by atoms with Crippen LogP contribution in [0.3, 0.4) is 0 Å². The molecule has 17 heavy (non-hydrogen) atoms. The molecule has 3 heteroatoms. The summed E-state index contributed by atoms with van der Waals surface area (Å²) in [6.07, 6.45) is 2.12. The molecule has 1 aliphatic carbocycles. The predicted octanol–water partition coefficient (Wildman–Crippen LogP) is 1.42. The lowest BCUT2D eigenvalue weighted by Gasteiger charge is -2.49. The molecule has 100 valence electrons. The van der Waals surface area contributed by atoms with Gasteiger partial charge in [-0.05, 0) is 38.6 Å². The maximum absolute atomic E-state index is 10.4. The molecule has 0 bridgehead atoms. The number of aliphatic hydroxyl groups excluding tert-OH is 1. The molecule has 1 saturated heterocycles. The molecule has 0 spiro atoms. The Labute approximate surface area is 106 Å². The van der Waals surface area contributed by atoms with Crippen LogP contribution >= 0.6 is 0 Å². The van der Waals surface area contributed by atoms with Crippen molar-refractivity contribution in [3.63, 3.8) is 0 Å². The molecule has 1 saturated carbocycles. The van der Waals surface area contributed by atoms with Crippen molar-refractivity contribution < 1.29 is 5.11 Å². The van der Waals surface area contributed by atoms with Gasteiger partial charge in [0.05, 0.1) is 6.10 Å². The van der Waals surface area contributed by atoms with Crippen LogP contribution < -0.4 is 0 Å². The summed E-state index contributed by atoms with van der Waals surface area (Å²) in [6, 6.07) is 0.958. The van der Waals surface area contributed by atoms with E-state index in [9.17, 15) is 5.11 Å². The number of piperazine rings is 1. The molecule has 1 aliphatic heterocycles. The van der Waals surface area contributed by atoms with Gasteiger partial charge in [-0.2, -0.15) is 0 Å². The Morgan fingerprint density at radius 1 is 1.06 bits per heavy atom. The molecule has 0 amide bonds. The van der Waals surface area contributed by atoms with Gasteiger partial charge in [0.15, 0.2) is 0 Å². The second kappa shape index (κ2) is 5.25. The third kappa shape index (κ3) is 2.83. The summed E-state index contributed by atoms with van der Waals surface area (Å²) in [4.78, 5) is 4.95. The van der Waals surface area contributed by atoms with Crippen molar-refractivity contribution in [3.05, 3.63) is 0 Å². The molecule has 1 heterocycles. The largest absolute Gasteiger partial charge is 0.391 e. The number of aliphatic hydroxyl groups is 1. The molecule has 5 atom stereocenters. The van der Waals surface area contributed by atoms with Crippen LogP contribution in [0.2, 0.25) is 0 Å². The smallest absolute Gasteiger partial charge is 0.0700 e. The molecule has 5 unspecified atom stereocenters. The van der Waals surface area contributed by atoms with Gasteiger partial charge in [-0.25, -0.2) is 0 Å². The van der Waals surface area contributed by atoms with Crippen LogP contribution in [-0.2, 0) is 0 Å². The van der Waals surface area contributed by atoms with E-state index < -0.39 is 0 Å². The highest BCUT2D eigenvalue weighted by molar-refractivity contribution is 4.93. The molecule has 0 aromatic carbocycles. The molecule has 0 aromatic heterocycles. The monoisotopic (exact) mass is 240 g/mol. The highest BCUT2D eigenvalue weighted by Crippen LogP contribution is 2.33. The van der Waals surface area contributed by atoms with E-state index in [0.717, 1.165) is 26.1 Å². The predicted molar refractivity (Wildman–Crippen MR) is 71.0 cm³/mol. The van der Waals surface area contributed by atoms with E-state index >= 15 is 0 Å². The maximum atomic E-state index is 10.4. The van der Waals surface area contributed by atoms with Crippen LogP contribution in [-0.4, -0.2) is 59.8 Å². The van der Waals surface area contributed by atoms with Crippen LogP contribution in [0.5, 0.6) is 0 Å². The number of hydrogen-bond donors (Lipinski definition) is 1. The van der Waals surface area contributed by atoms with Crippen molar-refractivity contribution in [1.29, 1.82) is 0 Å². The Bertz CT molecular complexity index is 247. The van der Waals surface area contributed by atoms with E-state index in [0.29, 0.717) is 23.9 Å². The molecule has 1 N–H and O–H groups in total. The zero-order chi connectivity index (χ0) is 12.6. The van der Waals surface area contributed by atoms with Gasteiger partial charge in [0.25, 0.3) is 0 Å². The lowest BCUT2D eigenvalue weighted by atomic mass is 9.76. The minimum Gasteiger partial charge on any atom is -0.391 e. The average Bonchev–Trinajstić information content (AvgIpc) is 2.19. The van der Waals surface area contributed by atoms with Crippen LogP contribution in [0.15, 0.2) is 0 Å². The standard InChI is InChI=1S/C14H28N2O/c1-10-7-11(2)14(13(17)8-10)16-6-5-15(4)9-12(16)3/h10-14,17H,5-9H2,1-4H3. The normalized spacial score (nSPS) is 46.1. The minimum atomic E-state index is -0.125. The van der Waals surface area contributed by atoms with E-state index in [2.05, 4.69) is 37.6 Å². The third-order valence-corrected chi connectivity index (χ3v) is 4.66.